The van der Waals surface area contributed by atoms with Crippen molar-refractivity contribution >= 4 is 11.9 Å². The molecule has 4 nitrogen and oxygen atoms in total. The molecule has 1 aliphatic carbocycles. The summed E-state index contributed by atoms with van der Waals surface area (Å²) in [6.07, 6.45) is 3.25. The lowest BCUT2D eigenvalue weighted by Crippen LogP contribution is -2.37. The number of rotatable bonds is 5. The van der Waals surface area contributed by atoms with Gasteiger partial charge in [0.15, 0.2) is 0 Å². The Morgan fingerprint density at radius 2 is 2.05 bits per heavy atom. The van der Waals surface area contributed by atoms with E-state index in [4.69, 9.17) is 5.41 Å². The van der Waals surface area contributed by atoms with Crippen LogP contribution in [0.2, 0.25) is 0 Å². The van der Waals surface area contributed by atoms with Gasteiger partial charge in [-0.25, -0.2) is 4.79 Å². The molecule has 2 N–H and O–H groups in total. The summed E-state index contributed by atoms with van der Waals surface area (Å²) < 4.78 is 0. The molecule has 4 heteroatoms. The number of hydrogen-bond donors (Lipinski definition) is 2. The Bertz CT molecular complexity index is 510. The highest BCUT2D eigenvalue weighted by Crippen LogP contribution is 2.33. The lowest BCUT2D eigenvalue weighted by Gasteiger charge is -2.25. The van der Waals surface area contributed by atoms with Gasteiger partial charge in [-0.05, 0) is 36.7 Å². The van der Waals surface area contributed by atoms with Crippen molar-refractivity contribution in [2.24, 2.45) is 5.92 Å². The van der Waals surface area contributed by atoms with Crippen LogP contribution in [0.3, 0.4) is 0 Å². The van der Waals surface area contributed by atoms with Crippen molar-refractivity contribution < 1.29 is 4.79 Å². The molecule has 2 amide bonds. The first kappa shape index (κ1) is 13.2. The van der Waals surface area contributed by atoms with E-state index in [0.717, 1.165) is 13.0 Å². The summed E-state index contributed by atoms with van der Waals surface area (Å²) in [5, 5.41) is 10.7. The van der Waals surface area contributed by atoms with E-state index >= 15 is 0 Å². The van der Waals surface area contributed by atoms with Gasteiger partial charge < -0.3 is 4.90 Å². The minimum Gasteiger partial charge on any atom is -0.314 e. The Morgan fingerprint density at radius 3 is 2.70 bits per heavy atom. The van der Waals surface area contributed by atoms with Crippen molar-refractivity contribution in [1.29, 1.82) is 5.41 Å². The summed E-state index contributed by atoms with van der Waals surface area (Å²) in [6, 6.07) is 10.1. The van der Waals surface area contributed by atoms with Crippen LogP contribution in [0.1, 0.15) is 37.7 Å². The molecule has 2 unspecified atom stereocenters. The molecule has 2 aliphatic rings. The van der Waals surface area contributed by atoms with Gasteiger partial charge in [-0.15, -0.1) is 0 Å². The van der Waals surface area contributed by atoms with Crippen LogP contribution >= 0.6 is 0 Å². The zero-order valence-corrected chi connectivity index (χ0v) is 11.8. The molecule has 20 heavy (non-hydrogen) atoms. The normalized spacial score (nSPS) is 23.9. The Balaban J connectivity index is 1.70. The molecule has 1 saturated heterocycles. The van der Waals surface area contributed by atoms with Crippen LogP contribution in [0.5, 0.6) is 0 Å². The first-order chi connectivity index (χ1) is 9.65. The second kappa shape index (κ2) is 5.27. The maximum Gasteiger partial charge on any atom is 0.323 e. The van der Waals surface area contributed by atoms with Crippen LogP contribution < -0.4 is 5.32 Å². The minimum absolute atomic E-state index is 0.0849. The predicted octanol–water partition coefficient (Wildman–Crippen LogP) is 2.96. The quantitative estimate of drug-likeness (QED) is 0.850. The molecule has 0 spiro atoms. The number of nitrogens with one attached hydrogen (secondary N) is 2. The first-order valence-corrected chi connectivity index (χ1v) is 7.36. The highest BCUT2D eigenvalue weighted by atomic mass is 16.2. The lowest BCUT2D eigenvalue weighted by atomic mass is 9.93. The van der Waals surface area contributed by atoms with E-state index in [2.05, 4.69) is 24.4 Å². The van der Waals surface area contributed by atoms with E-state index in [0.29, 0.717) is 17.7 Å². The molecular weight excluding hydrogens is 250 g/mol. The lowest BCUT2D eigenvalue weighted by molar-refractivity contribution is 0.199. The average Bonchev–Trinajstić information content (AvgIpc) is 3.22. The van der Waals surface area contributed by atoms with Crippen molar-refractivity contribution in [3.05, 3.63) is 35.9 Å². The largest absolute Gasteiger partial charge is 0.323 e. The van der Waals surface area contributed by atoms with E-state index in [-0.39, 0.29) is 12.1 Å². The summed E-state index contributed by atoms with van der Waals surface area (Å²) in [6.45, 7) is 2.97. The SMILES string of the molecule is CC(CC1C(=N)NC(=O)N1CC1CC1)c1ccccc1. The number of carbonyl (C=O) groups excluding carboxylic acids is 1. The third kappa shape index (κ3) is 2.69. The molecule has 1 saturated carbocycles. The molecule has 106 valence electrons. The van der Waals surface area contributed by atoms with E-state index < -0.39 is 0 Å². The summed E-state index contributed by atoms with van der Waals surface area (Å²) in [7, 11) is 0. The standard InChI is InChI=1S/C16H21N3O/c1-11(13-5-3-2-4-6-13)9-14-15(17)18-16(20)19(14)10-12-7-8-12/h2-6,11-12,14H,7-10H2,1H3,(H2,17,18,20). The van der Waals surface area contributed by atoms with Gasteiger partial charge >= 0.3 is 6.03 Å². The van der Waals surface area contributed by atoms with Gasteiger partial charge in [0.05, 0.1) is 6.04 Å². The summed E-state index contributed by atoms with van der Waals surface area (Å²) in [4.78, 5) is 13.8. The molecule has 1 heterocycles. The highest BCUT2D eigenvalue weighted by Gasteiger charge is 2.39. The molecule has 2 fully saturated rings. The third-order valence-electron chi connectivity index (χ3n) is 4.31. The van der Waals surface area contributed by atoms with E-state index in [1.54, 1.807) is 0 Å². The van der Waals surface area contributed by atoms with Gasteiger partial charge in [0.1, 0.15) is 5.84 Å². The first-order valence-electron chi connectivity index (χ1n) is 7.36. The van der Waals surface area contributed by atoms with Crippen molar-refractivity contribution in [1.82, 2.24) is 10.2 Å². The second-order valence-electron chi connectivity index (χ2n) is 6.00. The molecular formula is C16H21N3O. The Hall–Kier alpha value is -1.84. The molecule has 0 radical (unpaired) electrons. The van der Waals surface area contributed by atoms with Crippen LogP contribution in [0.25, 0.3) is 0 Å². The number of nitrogens with zero attached hydrogens (tertiary/aromatic N) is 1. The van der Waals surface area contributed by atoms with Crippen molar-refractivity contribution in [3.63, 3.8) is 0 Å². The van der Waals surface area contributed by atoms with E-state index in [1.165, 1.54) is 18.4 Å². The minimum atomic E-state index is -0.0906. The number of benzene rings is 1. The number of hydrogen-bond acceptors (Lipinski definition) is 2. The van der Waals surface area contributed by atoms with E-state index in [9.17, 15) is 4.79 Å². The van der Waals surface area contributed by atoms with Crippen LogP contribution in [0.4, 0.5) is 4.79 Å². The van der Waals surface area contributed by atoms with Gasteiger partial charge in [-0.1, -0.05) is 37.3 Å². The summed E-state index contributed by atoms with van der Waals surface area (Å²) >= 11 is 0. The van der Waals surface area contributed by atoms with Gasteiger partial charge in [0.25, 0.3) is 0 Å². The zero-order chi connectivity index (χ0) is 14.1. The van der Waals surface area contributed by atoms with Gasteiger partial charge in [-0.3, -0.25) is 10.7 Å². The number of amides is 2. The molecule has 1 aromatic carbocycles. The van der Waals surface area contributed by atoms with Gasteiger partial charge in [0.2, 0.25) is 0 Å². The monoisotopic (exact) mass is 271 g/mol. The zero-order valence-electron chi connectivity index (χ0n) is 11.8. The Labute approximate surface area is 119 Å². The van der Waals surface area contributed by atoms with Crippen molar-refractivity contribution in [3.8, 4) is 0 Å². The Kier molecular flexibility index (Phi) is 3.47. The van der Waals surface area contributed by atoms with Crippen LogP contribution in [0, 0.1) is 11.3 Å². The van der Waals surface area contributed by atoms with Crippen LogP contribution in [-0.4, -0.2) is 29.4 Å². The molecule has 0 bridgehead atoms. The van der Waals surface area contributed by atoms with Crippen LogP contribution in [-0.2, 0) is 0 Å². The smallest absolute Gasteiger partial charge is 0.314 e. The third-order valence-corrected chi connectivity index (χ3v) is 4.31. The number of amidine groups is 1. The fraction of sp³-hybridized carbons (Fsp3) is 0.500. The van der Waals surface area contributed by atoms with Gasteiger partial charge in [-0.2, -0.15) is 0 Å². The van der Waals surface area contributed by atoms with Crippen molar-refractivity contribution in [2.45, 2.75) is 38.1 Å². The van der Waals surface area contributed by atoms with Crippen molar-refractivity contribution in [2.75, 3.05) is 6.54 Å². The predicted molar refractivity (Wildman–Crippen MR) is 79.0 cm³/mol. The maximum atomic E-state index is 12.0. The molecule has 3 rings (SSSR count). The number of urea groups is 1. The Morgan fingerprint density at radius 1 is 1.35 bits per heavy atom. The van der Waals surface area contributed by atoms with E-state index in [1.807, 2.05) is 23.1 Å². The van der Waals surface area contributed by atoms with Gasteiger partial charge in [0, 0.05) is 6.54 Å². The fourth-order valence-corrected chi connectivity index (χ4v) is 2.85. The maximum absolute atomic E-state index is 12.0. The molecule has 1 aromatic rings. The molecule has 1 aliphatic heterocycles. The number of carbonyl (C=O) groups is 1. The summed E-state index contributed by atoms with van der Waals surface area (Å²) in [5.74, 6) is 1.36. The summed E-state index contributed by atoms with van der Waals surface area (Å²) in [5.41, 5.74) is 1.27. The average molecular weight is 271 g/mol. The highest BCUT2D eigenvalue weighted by molar-refractivity contribution is 6.05. The van der Waals surface area contributed by atoms with Crippen LogP contribution in [0.15, 0.2) is 30.3 Å². The molecule has 2 atom stereocenters. The molecule has 0 aromatic heterocycles. The second-order valence-corrected chi connectivity index (χ2v) is 6.00. The topological polar surface area (TPSA) is 56.2 Å². The fourth-order valence-electron chi connectivity index (χ4n) is 2.85.